The summed E-state index contributed by atoms with van der Waals surface area (Å²) in [5.41, 5.74) is -0.266. The van der Waals surface area contributed by atoms with Gasteiger partial charge in [0.05, 0.1) is 6.33 Å². The monoisotopic (exact) mass is 241 g/mol. The van der Waals surface area contributed by atoms with E-state index < -0.39 is 0 Å². The molecule has 0 aromatic carbocycles. The SMILES string of the molecule is CC1CCN(c2nc[nH]c(=O)c2Cl)C(C)C1. The van der Waals surface area contributed by atoms with Crippen LogP contribution in [0.25, 0.3) is 0 Å². The Labute approximate surface area is 99.6 Å². The van der Waals surface area contributed by atoms with Crippen LogP contribution in [0, 0.1) is 5.92 Å². The molecule has 1 aliphatic rings. The molecule has 1 aliphatic heterocycles. The van der Waals surface area contributed by atoms with Gasteiger partial charge < -0.3 is 9.88 Å². The largest absolute Gasteiger partial charge is 0.352 e. The minimum absolute atomic E-state index is 0.198. The lowest BCUT2D eigenvalue weighted by molar-refractivity contribution is 0.376. The van der Waals surface area contributed by atoms with Crippen molar-refractivity contribution in [2.24, 2.45) is 5.92 Å². The lowest BCUT2D eigenvalue weighted by Crippen LogP contribution is -2.41. The van der Waals surface area contributed by atoms with Gasteiger partial charge in [-0.2, -0.15) is 0 Å². The van der Waals surface area contributed by atoms with Crippen molar-refractivity contribution in [3.8, 4) is 0 Å². The van der Waals surface area contributed by atoms with Crippen molar-refractivity contribution in [3.05, 3.63) is 21.7 Å². The summed E-state index contributed by atoms with van der Waals surface area (Å²) in [7, 11) is 0. The lowest BCUT2D eigenvalue weighted by Gasteiger charge is -2.37. The second kappa shape index (κ2) is 4.45. The normalized spacial score (nSPS) is 25.8. The summed E-state index contributed by atoms with van der Waals surface area (Å²) in [6.45, 7) is 5.31. The number of aromatic nitrogens is 2. The van der Waals surface area contributed by atoms with Gasteiger partial charge in [-0.3, -0.25) is 4.79 Å². The highest BCUT2D eigenvalue weighted by Crippen LogP contribution is 2.28. The molecule has 0 amide bonds. The molecule has 2 heterocycles. The van der Waals surface area contributed by atoms with Crippen molar-refractivity contribution in [2.45, 2.75) is 32.7 Å². The lowest BCUT2D eigenvalue weighted by atomic mass is 9.93. The molecule has 4 nitrogen and oxygen atoms in total. The topological polar surface area (TPSA) is 49.0 Å². The van der Waals surface area contributed by atoms with Gasteiger partial charge in [-0.15, -0.1) is 0 Å². The Hall–Kier alpha value is -1.03. The second-order valence-corrected chi connectivity index (χ2v) is 4.92. The van der Waals surface area contributed by atoms with Crippen molar-refractivity contribution in [2.75, 3.05) is 11.4 Å². The third-order valence-electron chi connectivity index (χ3n) is 3.19. The van der Waals surface area contributed by atoms with E-state index in [1.807, 2.05) is 0 Å². The first-order chi connectivity index (χ1) is 7.59. The molecule has 1 aromatic rings. The van der Waals surface area contributed by atoms with E-state index in [0.717, 1.165) is 25.3 Å². The second-order valence-electron chi connectivity index (χ2n) is 4.54. The number of nitrogens with zero attached hydrogens (tertiary/aromatic N) is 2. The van der Waals surface area contributed by atoms with Crippen LogP contribution in [0.5, 0.6) is 0 Å². The number of hydrogen-bond acceptors (Lipinski definition) is 3. The molecule has 2 atom stereocenters. The molecule has 16 heavy (non-hydrogen) atoms. The molecule has 0 saturated carbocycles. The highest BCUT2D eigenvalue weighted by molar-refractivity contribution is 6.32. The third-order valence-corrected chi connectivity index (χ3v) is 3.53. The van der Waals surface area contributed by atoms with Gasteiger partial charge in [0.15, 0.2) is 5.82 Å². The quantitative estimate of drug-likeness (QED) is 0.819. The molecule has 1 fully saturated rings. The first-order valence-corrected chi connectivity index (χ1v) is 5.97. The predicted molar refractivity (Wildman–Crippen MR) is 65.1 cm³/mol. The number of halogens is 1. The Morgan fingerprint density at radius 2 is 2.31 bits per heavy atom. The maximum absolute atomic E-state index is 11.4. The van der Waals surface area contributed by atoms with Crippen LogP contribution in [0.1, 0.15) is 26.7 Å². The average molecular weight is 242 g/mol. The smallest absolute Gasteiger partial charge is 0.271 e. The van der Waals surface area contributed by atoms with Gasteiger partial charge in [-0.1, -0.05) is 18.5 Å². The maximum Gasteiger partial charge on any atom is 0.271 e. The number of hydrogen-bond donors (Lipinski definition) is 1. The van der Waals surface area contributed by atoms with Crippen LogP contribution < -0.4 is 10.5 Å². The van der Waals surface area contributed by atoms with Gasteiger partial charge in [0.25, 0.3) is 5.56 Å². The van der Waals surface area contributed by atoms with E-state index in [9.17, 15) is 4.79 Å². The Balaban J connectivity index is 2.30. The highest BCUT2D eigenvalue weighted by atomic mass is 35.5. The van der Waals surface area contributed by atoms with E-state index in [-0.39, 0.29) is 10.6 Å². The van der Waals surface area contributed by atoms with Gasteiger partial charge in [0.2, 0.25) is 0 Å². The van der Waals surface area contributed by atoms with E-state index in [1.54, 1.807) is 0 Å². The summed E-state index contributed by atoms with van der Waals surface area (Å²) in [6.07, 6.45) is 3.65. The van der Waals surface area contributed by atoms with Crippen LogP contribution in [0.4, 0.5) is 5.82 Å². The Kier molecular flexibility index (Phi) is 3.19. The molecule has 0 spiro atoms. The Morgan fingerprint density at radius 1 is 1.56 bits per heavy atom. The van der Waals surface area contributed by atoms with Crippen molar-refractivity contribution < 1.29 is 0 Å². The minimum Gasteiger partial charge on any atom is -0.352 e. The molecule has 1 aromatic heterocycles. The maximum atomic E-state index is 11.4. The van der Waals surface area contributed by atoms with E-state index in [4.69, 9.17) is 11.6 Å². The number of anilines is 1. The zero-order chi connectivity index (χ0) is 11.7. The summed E-state index contributed by atoms with van der Waals surface area (Å²) in [5.74, 6) is 1.34. The van der Waals surface area contributed by atoms with Crippen molar-refractivity contribution in [1.82, 2.24) is 9.97 Å². The van der Waals surface area contributed by atoms with E-state index in [0.29, 0.717) is 11.9 Å². The van der Waals surface area contributed by atoms with Crippen LogP contribution in [0.15, 0.2) is 11.1 Å². The van der Waals surface area contributed by atoms with Crippen molar-refractivity contribution in [1.29, 1.82) is 0 Å². The standard InChI is InChI=1S/C11H16ClN3O/c1-7-3-4-15(8(2)5-7)10-9(12)11(16)14-6-13-10/h6-8H,3-5H2,1-2H3,(H,13,14,16). The Bertz CT molecular complexity index is 431. The fourth-order valence-electron chi connectivity index (χ4n) is 2.30. The van der Waals surface area contributed by atoms with Crippen molar-refractivity contribution >= 4 is 17.4 Å². The zero-order valence-electron chi connectivity index (χ0n) is 9.53. The average Bonchev–Trinajstić information content (AvgIpc) is 2.23. The predicted octanol–water partition coefficient (Wildman–Crippen LogP) is 2.05. The first-order valence-electron chi connectivity index (χ1n) is 5.59. The molecular weight excluding hydrogens is 226 g/mol. The van der Waals surface area contributed by atoms with Gasteiger partial charge in [-0.25, -0.2) is 4.98 Å². The molecule has 5 heteroatoms. The molecule has 2 rings (SSSR count). The molecule has 0 radical (unpaired) electrons. The summed E-state index contributed by atoms with van der Waals surface area (Å²) < 4.78 is 0. The van der Waals surface area contributed by atoms with Gasteiger partial charge in [0.1, 0.15) is 5.02 Å². The van der Waals surface area contributed by atoms with Gasteiger partial charge in [-0.05, 0) is 25.7 Å². The third kappa shape index (κ3) is 2.07. The van der Waals surface area contributed by atoms with Gasteiger partial charge in [0, 0.05) is 12.6 Å². The molecule has 0 bridgehead atoms. The Morgan fingerprint density at radius 3 is 3.00 bits per heavy atom. The first kappa shape index (κ1) is 11.5. The zero-order valence-corrected chi connectivity index (χ0v) is 10.3. The number of aromatic amines is 1. The van der Waals surface area contributed by atoms with E-state index in [2.05, 4.69) is 28.7 Å². The highest BCUT2D eigenvalue weighted by Gasteiger charge is 2.25. The summed E-state index contributed by atoms with van der Waals surface area (Å²) in [5, 5.41) is 0.198. The fraction of sp³-hybridized carbons (Fsp3) is 0.636. The summed E-state index contributed by atoms with van der Waals surface area (Å²) >= 11 is 5.98. The van der Waals surface area contributed by atoms with E-state index in [1.165, 1.54) is 6.33 Å². The van der Waals surface area contributed by atoms with Crippen LogP contribution in [0.3, 0.4) is 0 Å². The molecule has 1 N–H and O–H groups in total. The summed E-state index contributed by atoms with van der Waals surface area (Å²) in [4.78, 5) is 20.2. The van der Waals surface area contributed by atoms with Crippen LogP contribution in [-0.2, 0) is 0 Å². The molecule has 1 saturated heterocycles. The van der Waals surface area contributed by atoms with Crippen LogP contribution in [0.2, 0.25) is 5.02 Å². The van der Waals surface area contributed by atoms with Crippen molar-refractivity contribution in [3.63, 3.8) is 0 Å². The summed E-state index contributed by atoms with van der Waals surface area (Å²) in [6, 6.07) is 0.385. The number of piperidine rings is 1. The molecular formula is C11H16ClN3O. The number of rotatable bonds is 1. The molecule has 88 valence electrons. The van der Waals surface area contributed by atoms with Crippen LogP contribution in [-0.4, -0.2) is 22.6 Å². The molecule has 2 unspecified atom stereocenters. The van der Waals surface area contributed by atoms with Gasteiger partial charge >= 0.3 is 0 Å². The fourth-order valence-corrected chi connectivity index (χ4v) is 2.51. The number of H-pyrrole nitrogens is 1. The number of nitrogens with one attached hydrogen (secondary N) is 1. The van der Waals surface area contributed by atoms with E-state index >= 15 is 0 Å². The van der Waals surface area contributed by atoms with Crippen LogP contribution >= 0.6 is 11.6 Å². The minimum atomic E-state index is -0.266. The molecule has 0 aliphatic carbocycles.